The van der Waals surface area contributed by atoms with E-state index in [0.29, 0.717) is 25.1 Å². The number of nitrogens with one attached hydrogen (secondary N) is 1. The van der Waals surface area contributed by atoms with Gasteiger partial charge in [0.1, 0.15) is 18.4 Å². The maximum atomic E-state index is 15.0. The van der Waals surface area contributed by atoms with E-state index in [4.69, 9.17) is 0 Å². The van der Waals surface area contributed by atoms with Crippen LogP contribution in [0.15, 0.2) is 108 Å². The molecule has 0 fully saturated rings. The van der Waals surface area contributed by atoms with Crippen molar-refractivity contribution in [3.8, 4) is 0 Å². The van der Waals surface area contributed by atoms with E-state index in [1.165, 1.54) is 23.1 Å². The average Bonchev–Trinajstić information content (AvgIpc) is 3.05. The van der Waals surface area contributed by atoms with Gasteiger partial charge in [-0.25, -0.2) is 12.8 Å². The van der Waals surface area contributed by atoms with Crippen molar-refractivity contribution in [2.75, 3.05) is 17.4 Å². The summed E-state index contributed by atoms with van der Waals surface area (Å²) in [5, 5.41) is 2.89. The summed E-state index contributed by atoms with van der Waals surface area (Å²) in [4.78, 5) is 29.5. The minimum absolute atomic E-state index is 0.0361. The molecule has 4 aromatic rings. The van der Waals surface area contributed by atoms with E-state index >= 15 is 4.39 Å². The molecule has 236 valence electrons. The Balaban J connectivity index is 1.83. The van der Waals surface area contributed by atoms with Crippen molar-refractivity contribution in [1.82, 2.24) is 10.2 Å². The maximum Gasteiger partial charge on any atom is 0.264 e. The number of para-hydroxylation sites is 1. The van der Waals surface area contributed by atoms with E-state index in [1.807, 2.05) is 63.2 Å². The second-order valence-corrected chi connectivity index (χ2v) is 12.8. The first-order valence-electron chi connectivity index (χ1n) is 15.2. The molecule has 1 N–H and O–H groups in total. The predicted molar refractivity (Wildman–Crippen MR) is 176 cm³/mol. The number of carbonyl (C=O) groups excluding carboxylic acids is 2. The summed E-state index contributed by atoms with van der Waals surface area (Å²) in [6.07, 6.45) is 1.37. The molecule has 0 radical (unpaired) electrons. The third kappa shape index (κ3) is 8.36. The van der Waals surface area contributed by atoms with Gasteiger partial charge < -0.3 is 10.2 Å². The lowest BCUT2D eigenvalue weighted by atomic mass is 10.0. The summed E-state index contributed by atoms with van der Waals surface area (Å²) in [6, 6.07) is 27.8. The van der Waals surface area contributed by atoms with Gasteiger partial charge in [0.15, 0.2) is 0 Å². The first-order chi connectivity index (χ1) is 21.6. The summed E-state index contributed by atoms with van der Waals surface area (Å²) < 4.78 is 44.6. The fourth-order valence-corrected chi connectivity index (χ4v) is 6.59. The molecule has 0 bridgehead atoms. The predicted octanol–water partition coefficient (Wildman–Crippen LogP) is 6.06. The van der Waals surface area contributed by atoms with Crippen molar-refractivity contribution in [2.45, 2.75) is 57.5 Å². The highest BCUT2D eigenvalue weighted by atomic mass is 32.2. The lowest BCUT2D eigenvalue weighted by Gasteiger charge is -2.34. The zero-order chi connectivity index (χ0) is 32.4. The number of nitrogens with zero attached hydrogens (tertiary/aromatic N) is 2. The molecule has 2 amide bonds. The topological polar surface area (TPSA) is 86.8 Å². The molecule has 0 aliphatic rings. The van der Waals surface area contributed by atoms with Gasteiger partial charge in [0.25, 0.3) is 10.0 Å². The molecule has 45 heavy (non-hydrogen) atoms. The number of halogens is 1. The molecule has 4 aromatic carbocycles. The van der Waals surface area contributed by atoms with E-state index in [9.17, 15) is 18.0 Å². The zero-order valence-corrected chi connectivity index (χ0v) is 26.8. The summed E-state index contributed by atoms with van der Waals surface area (Å²) >= 11 is 0. The fourth-order valence-electron chi connectivity index (χ4n) is 5.13. The number of hydrogen-bond donors (Lipinski definition) is 1. The Morgan fingerprint density at radius 1 is 0.822 bits per heavy atom. The molecule has 1 atom stereocenters. The van der Waals surface area contributed by atoms with Gasteiger partial charge in [-0.05, 0) is 55.2 Å². The van der Waals surface area contributed by atoms with Crippen molar-refractivity contribution in [1.29, 1.82) is 0 Å². The molecule has 0 spiro atoms. The molecule has 0 saturated carbocycles. The SMILES string of the molecule is CCCNC(=O)C(Cc1ccccc1)N(Cc1ccccc1F)C(=O)CN(c1ccccc1CC)S(=O)(=O)c1ccc(C)cc1. The van der Waals surface area contributed by atoms with E-state index in [2.05, 4.69) is 5.32 Å². The van der Waals surface area contributed by atoms with E-state index in [-0.39, 0.29) is 23.4 Å². The Bertz CT molecular complexity index is 1700. The minimum Gasteiger partial charge on any atom is -0.354 e. The van der Waals surface area contributed by atoms with Crippen LogP contribution in [0.3, 0.4) is 0 Å². The van der Waals surface area contributed by atoms with Crippen molar-refractivity contribution >= 4 is 27.5 Å². The summed E-state index contributed by atoms with van der Waals surface area (Å²) in [7, 11) is -4.22. The fraction of sp³-hybridized carbons (Fsp3) is 0.278. The Kier molecular flexibility index (Phi) is 11.5. The number of benzene rings is 4. The monoisotopic (exact) mass is 629 g/mol. The molecule has 0 aliphatic heterocycles. The van der Waals surface area contributed by atoms with Crippen LogP contribution in [0.4, 0.5) is 10.1 Å². The third-order valence-corrected chi connectivity index (χ3v) is 9.42. The quantitative estimate of drug-likeness (QED) is 0.184. The summed E-state index contributed by atoms with van der Waals surface area (Å²) in [5.74, 6) is -1.55. The minimum atomic E-state index is -4.22. The standard InChI is InChI=1S/C36H40FN3O4S/c1-4-23-38-36(42)34(24-28-13-7-6-8-14-28)39(25-30-16-9-11-17-32(30)37)35(41)26-40(33-18-12-10-15-29(33)5-2)45(43,44)31-21-19-27(3)20-22-31/h6-22,34H,4-5,23-26H2,1-3H3,(H,38,42). The number of sulfonamides is 1. The Morgan fingerprint density at radius 3 is 2.09 bits per heavy atom. The third-order valence-electron chi connectivity index (χ3n) is 7.65. The Hall–Kier alpha value is -4.50. The van der Waals surface area contributed by atoms with Gasteiger partial charge in [0, 0.05) is 25.1 Å². The molecular weight excluding hydrogens is 589 g/mol. The number of rotatable bonds is 14. The number of hydrogen-bond acceptors (Lipinski definition) is 4. The van der Waals surface area contributed by atoms with Crippen LogP contribution in [-0.2, 0) is 39.0 Å². The number of aryl methyl sites for hydroxylation is 2. The zero-order valence-electron chi connectivity index (χ0n) is 25.9. The molecule has 0 heterocycles. The average molecular weight is 630 g/mol. The second kappa shape index (κ2) is 15.5. The van der Waals surface area contributed by atoms with Crippen LogP contribution < -0.4 is 9.62 Å². The Labute approximate surface area is 265 Å². The van der Waals surface area contributed by atoms with Crippen molar-refractivity contribution in [2.24, 2.45) is 0 Å². The van der Waals surface area contributed by atoms with Gasteiger partial charge in [-0.3, -0.25) is 13.9 Å². The molecular formula is C36H40FN3O4S. The van der Waals surface area contributed by atoms with Crippen LogP contribution in [0, 0.1) is 12.7 Å². The molecule has 7 nitrogen and oxygen atoms in total. The first kappa shape index (κ1) is 33.4. The normalized spacial score (nSPS) is 11.9. The molecule has 0 saturated heterocycles. The van der Waals surface area contributed by atoms with Crippen LogP contribution in [0.1, 0.15) is 42.5 Å². The van der Waals surface area contributed by atoms with Crippen LogP contribution in [0.5, 0.6) is 0 Å². The lowest BCUT2D eigenvalue weighted by molar-refractivity contribution is -0.140. The molecule has 4 rings (SSSR count). The smallest absolute Gasteiger partial charge is 0.264 e. The molecule has 1 unspecified atom stereocenters. The van der Waals surface area contributed by atoms with Gasteiger partial charge in [0.2, 0.25) is 11.8 Å². The summed E-state index contributed by atoms with van der Waals surface area (Å²) in [6.45, 7) is 5.28. The van der Waals surface area contributed by atoms with Crippen molar-refractivity contribution in [3.63, 3.8) is 0 Å². The van der Waals surface area contributed by atoms with E-state index in [1.54, 1.807) is 42.5 Å². The van der Waals surface area contributed by atoms with Crippen molar-refractivity contribution < 1.29 is 22.4 Å². The highest BCUT2D eigenvalue weighted by Crippen LogP contribution is 2.29. The van der Waals surface area contributed by atoms with Gasteiger partial charge in [-0.15, -0.1) is 0 Å². The highest BCUT2D eigenvalue weighted by molar-refractivity contribution is 7.92. The van der Waals surface area contributed by atoms with Crippen molar-refractivity contribution in [3.05, 3.63) is 131 Å². The van der Waals surface area contributed by atoms with Crippen LogP contribution in [0.2, 0.25) is 0 Å². The number of anilines is 1. The lowest BCUT2D eigenvalue weighted by Crippen LogP contribution is -2.53. The van der Waals surface area contributed by atoms with Crippen LogP contribution >= 0.6 is 0 Å². The Morgan fingerprint density at radius 2 is 1.44 bits per heavy atom. The van der Waals surface area contributed by atoms with Gasteiger partial charge in [0.05, 0.1) is 10.6 Å². The largest absolute Gasteiger partial charge is 0.354 e. The maximum absolute atomic E-state index is 15.0. The number of carbonyl (C=O) groups is 2. The van der Waals surface area contributed by atoms with Crippen LogP contribution in [-0.4, -0.2) is 44.3 Å². The van der Waals surface area contributed by atoms with Gasteiger partial charge in [-0.2, -0.15) is 0 Å². The molecule has 9 heteroatoms. The van der Waals surface area contributed by atoms with Crippen LogP contribution in [0.25, 0.3) is 0 Å². The summed E-state index contributed by atoms with van der Waals surface area (Å²) in [5.41, 5.74) is 3.02. The molecule has 0 aliphatic carbocycles. The molecule has 0 aromatic heterocycles. The van der Waals surface area contributed by atoms with Gasteiger partial charge >= 0.3 is 0 Å². The van der Waals surface area contributed by atoms with Gasteiger partial charge in [-0.1, -0.05) is 98.3 Å². The van der Waals surface area contributed by atoms with E-state index in [0.717, 1.165) is 21.0 Å². The number of amides is 2. The highest BCUT2D eigenvalue weighted by Gasteiger charge is 2.35. The second-order valence-electron chi connectivity index (χ2n) is 10.9. The van der Waals surface area contributed by atoms with E-state index < -0.39 is 40.2 Å². The first-order valence-corrected chi connectivity index (χ1v) is 16.6.